The number of amides is 1. The molecule has 7 nitrogen and oxygen atoms in total. The highest BCUT2D eigenvalue weighted by atomic mass is 32.2. The fourth-order valence-corrected chi connectivity index (χ4v) is 5.93. The zero-order valence-electron chi connectivity index (χ0n) is 18.7. The third-order valence-electron chi connectivity index (χ3n) is 5.92. The number of carbonyl (C=O) groups is 1. The highest BCUT2D eigenvalue weighted by molar-refractivity contribution is 7.96. The average molecular weight is 518 g/mol. The minimum absolute atomic E-state index is 0.0499. The third-order valence-corrected chi connectivity index (χ3v) is 8.39. The van der Waals surface area contributed by atoms with Crippen molar-refractivity contribution in [2.45, 2.75) is 38.1 Å². The summed E-state index contributed by atoms with van der Waals surface area (Å²) in [5.41, 5.74) is -2.77. The number of nitrogens with one attached hydrogen (secondary N) is 1. The minimum Gasteiger partial charge on any atom is -0.376 e. The number of anilines is 1. The van der Waals surface area contributed by atoms with Gasteiger partial charge in [-0.3, -0.25) is 4.79 Å². The Morgan fingerprint density at radius 1 is 1.24 bits per heavy atom. The van der Waals surface area contributed by atoms with E-state index in [1.54, 1.807) is 12.2 Å². The van der Waals surface area contributed by atoms with Gasteiger partial charge in [-0.1, -0.05) is 36.5 Å². The predicted octanol–water partition coefficient (Wildman–Crippen LogP) is 2.63. The maximum Gasteiger partial charge on any atom is 0.421 e. The van der Waals surface area contributed by atoms with Gasteiger partial charge in [0.2, 0.25) is 15.9 Å². The molecular weight excluding hydrogens is 491 g/mol. The van der Waals surface area contributed by atoms with Crippen LogP contribution >= 0.6 is 12.2 Å². The molecule has 186 valence electrons. The number of hydrogen-bond donors (Lipinski definition) is 2. The van der Waals surface area contributed by atoms with Crippen molar-refractivity contribution < 1.29 is 31.5 Å². The van der Waals surface area contributed by atoms with Crippen molar-refractivity contribution in [1.29, 1.82) is 0 Å². The summed E-state index contributed by atoms with van der Waals surface area (Å²) in [6.07, 6.45) is 0.418. The monoisotopic (exact) mass is 517 g/mol. The molecule has 2 N–H and O–H groups in total. The number of thiocarbonyl (C=S) groups is 1. The van der Waals surface area contributed by atoms with Gasteiger partial charge in [-0.15, -0.1) is 0 Å². The molecule has 1 amide bonds. The Hall–Kier alpha value is -2.28. The summed E-state index contributed by atoms with van der Waals surface area (Å²) in [6, 6.07) is 4.81. The summed E-state index contributed by atoms with van der Waals surface area (Å²) in [5, 5.41) is 12.6. The molecule has 3 rings (SSSR count). The Morgan fingerprint density at radius 3 is 2.44 bits per heavy atom. The first-order chi connectivity index (χ1) is 15.7. The molecule has 1 aromatic carbocycles. The number of allylic oxidation sites excluding steroid dienone is 4. The second-order valence-electron chi connectivity index (χ2n) is 8.35. The van der Waals surface area contributed by atoms with Crippen LogP contribution in [0.15, 0.2) is 47.4 Å². The van der Waals surface area contributed by atoms with E-state index in [1.165, 1.54) is 41.6 Å². The summed E-state index contributed by atoms with van der Waals surface area (Å²) in [7, 11) is -3.85. The lowest BCUT2D eigenvalue weighted by Gasteiger charge is -2.42. The Balaban J connectivity index is 1.86. The van der Waals surface area contributed by atoms with Crippen molar-refractivity contribution in [3.8, 4) is 0 Å². The van der Waals surface area contributed by atoms with Crippen LogP contribution in [-0.2, 0) is 20.4 Å². The second kappa shape index (κ2) is 9.76. The van der Waals surface area contributed by atoms with Crippen molar-refractivity contribution >= 4 is 38.7 Å². The van der Waals surface area contributed by atoms with Crippen LogP contribution < -0.4 is 10.2 Å². The number of hydrogen-bond acceptors (Lipinski definition) is 6. The van der Waals surface area contributed by atoms with E-state index in [-0.39, 0.29) is 42.6 Å². The van der Waals surface area contributed by atoms with Crippen LogP contribution in [0.3, 0.4) is 0 Å². The molecule has 0 bridgehead atoms. The summed E-state index contributed by atoms with van der Waals surface area (Å²) in [4.78, 5) is 13.8. The maximum atomic E-state index is 13.2. The molecule has 2 atom stereocenters. The van der Waals surface area contributed by atoms with E-state index in [9.17, 15) is 31.5 Å². The van der Waals surface area contributed by atoms with Crippen LogP contribution in [-0.4, -0.2) is 67.0 Å². The van der Waals surface area contributed by atoms with Crippen LogP contribution in [0.1, 0.15) is 25.8 Å². The van der Waals surface area contributed by atoms with Crippen molar-refractivity contribution in [3.63, 3.8) is 0 Å². The summed E-state index contributed by atoms with van der Waals surface area (Å²) in [6.45, 7) is 2.58. The molecule has 1 heterocycles. The number of halogens is 3. The minimum atomic E-state index is -4.84. The molecule has 0 aromatic heterocycles. The van der Waals surface area contributed by atoms with Gasteiger partial charge in [0, 0.05) is 50.1 Å². The first-order valence-electron chi connectivity index (χ1n) is 10.6. The van der Waals surface area contributed by atoms with Crippen molar-refractivity contribution in [2.24, 2.45) is 0 Å². The highest BCUT2D eigenvalue weighted by Gasteiger charge is 2.51. The second-order valence-corrected chi connectivity index (χ2v) is 10.7. The van der Waals surface area contributed by atoms with Gasteiger partial charge in [-0.25, -0.2) is 8.42 Å². The highest BCUT2D eigenvalue weighted by Crippen LogP contribution is 2.39. The van der Waals surface area contributed by atoms with E-state index in [2.05, 4.69) is 5.32 Å². The molecule has 0 unspecified atom stereocenters. The molecule has 1 saturated heterocycles. The average Bonchev–Trinajstić information content (AvgIpc) is 2.77. The summed E-state index contributed by atoms with van der Waals surface area (Å²) in [5.74, 6) is -0.294. The molecule has 1 aliphatic heterocycles. The number of nitrogens with zero attached hydrogens (tertiary/aromatic N) is 2. The quantitative estimate of drug-likeness (QED) is 0.564. The van der Waals surface area contributed by atoms with E-state index in [4.69, 9.17) is 12.2 Å². The lowest BCUT2D eigenvalue weighted by molar-refractivity contribution is -0.258. The number of benzene rings is 1. The van der Waals surface area contributed by atoms with Gasteiger partial charge in [-0.05, 0) is 30.7 Å². The molecule has 1 aromatic rings. The molecule has 2 aliphatic rings. The molecule has 0 saturated carbocycles. The Labute approximate surface area is 202 Å². The molecule has 34 heavy (non-hydrogen) atoms. The maximum absolute atomic E-state index is 13.2. The Bertz CT molecular complexity index is 1110. The number of carbonyl (C=O) groups excluding carboxylic acids is 1. The molecule has 0 radical (unpaired) electrons. The third kappa shape index (κ3) is 5.35. The zero-order valence-corrected chi connectivity index (χ0v) is 20.3. The zero-order chi connectivity index (χ0) is 25.3. The van der Waals surface area contributed by atoms with Gasteiger partial charge in [0.05, 0.1) is 10.9 Å². The SMILES string of the molecule is CC(=O)NC[C@H]1CN(S(=O)(=O)C2=CC=CCC2=S)CCN1c1ccc([C@](C)(O)C(F)(F)F)cc1. The number of piperazine rings is 1. The normalized spacial score (nSPS) is 21.7. The lowest BCUT2D eigenvalue weighted by Crippen LogP contribution is -2.58. The number of alkyl halides is 3. The van der Waals surface area contributed by atoms with Gasteiger partial charge < -0.3 is 15.3 Å². The molecular formula is C22H26F3N3O4S2. The summed E-state index contributed by atoms with van der Waals surface area (Å²) >= 11 is 5.23. The van der Waals surface area contributed by atoms with Crippen LogP contribution in [0.5, 0.6) is 0 Å². The van der Waals surface area contributed by atoms with Crippen molar-refractivity contribution in [2.75, 3.05) is 31.1 Å². The van der Waals surface area contributed by atoms with Crippen LogP contribution in [0.2, 0.25) is 0 Å². The molecule has 1 aliphatic carbocycles. The first kappa shape index (κ1) is 26.3. The van der Waals surface area contributed by atoms with E-state index < -0.39 is 27.8 Å². The molecule has 1 fully saturated rings. The van der Waals surface area contributed by atoms with Crippen LogP contribution in [0, 0.1) is 0 Å². The van der Waals surface area contributed by atoms with E-state index in [0.717, 1.165) is 0 Å². The van der Waals surface area contributed by atoms with Crippen molar-refractivity contribution in [3.05, 3.63) is 53.0 Å². The molecule has 0 spiro atoms. The fourth-order valence-electron chi connectivity index (χ4n) is 3.86. The smallest absolute Gasteiger partial charge is 0.376 e. The number of rotatable bonds is 6. The summed E-state index contributed by atoms with van der Waals surface area (Å²) < 4.78 is 67.3. The van der Waals surface area contributed by atoms with E-state index in [0.29, 0.717) is 23.9 Å². The van der Waals surface area contributed by atoms with Gasteiger partial charge in [0.25, 0.3) is 0 Å². The van der Waals surface area contributed by atoms with Gasteiger partial charge in [0.15, 0.2) is 5.60 Å². The number of sulfonamides is 1. The predicted molar refractivity (Wildman–Crippen MR) is 127 cm³/mol. The van der Waals surface area contributed by atoms with Crippen LogP contribution in [0.25, 0.3) is 0 Å². The van der Waals surface area contributed by atoms with Crippen molar-refractivity contribution in [1.82, 2.24) is 9.62 Å². The molecule has 12 heteroatoms. The van der Waals surface area contributed by atoms with Gasteiger partial charge in [0.1, 0.15) is 0 Å². The number of aliphatic hydroxyl groups is 1. The van der Waals surface area contributed by atoms with Gasteiger partial charge in [-0.2, -0.15) is 17.5 Å². The topological polar surface area (TPSA) is 90.0 Å². The van der Waals surface area contributed by atoms with E-state index >= 15 is 0 Å². The standard InChI is InChI=1S/C22H26F3N3O4S2/c1-15(29)26-13-18-14-27(34(31,32)20-6-4-3-5-19(20)33)11-12-28(18)17-9-7-16(8-10-17)21(2,30)22(23,24)25/h3-4,6-10,18,30H,5,11-14H2,1-2H3,(H,26,29)/t18-,21-/m0/s1. The first-order valence-corrected chi connectivity index (χ1v) is 12.4. The lowest BCUT2D eigenvalue weighted by atomic mass is 9.95. The Morgan fingerprint density at radius 2 is 1.88 bits per heavy atom. The largest absolute Gasteiger partial charge is 0.421 e. The van der Waals surface area contributed by atoms with Crippen LogP contribution in [0.4, 0.5) is 18.9 Å². The van der Waals surface area contributed by atoms with E-state index in [1.807, 2.05) is 4.90 Å². The Kier molecular flexibility index (Phi) is 7.56. The van der Waals surface area contributed by atoms with Gasteiger partial charge >= 0.3 is 6.18 Å². The fraction of sp³-hybridized carbons (Fsp3) is 0.455.